The van der Waals surface area contributed by atoms with Gasteiger partial charge in [0.1, 0.15) is 17.2 Å². The van der Waals surface area contributed by atoms with E-state index in [4.69, 9.17) is 26.6 Å². The molecular weight excluding hydrogens is 1140 g/mol. The summed E-state index contributed by atoms with van der Waals surface area (Å²) >= 11 is 0. The first-order valence-electron chi connectivity index (χ1n) is 25.1. The second-order valence-electron chi connectivity index (χ2n) is 17.2. The average molecular weight is 1180 g/mol. The van der Waals surface area contributed by atoms with Crippen molar-refractivity contribution < 1.29 is 39.4 Å². The zero-order valence-corrected chi connectivity index (χ0v) is 45.0. The van der Waals surface area contributed by atoms with Crippen LogP contribution in [-0.2, 0) is 0 Å². The van der Waals surface area contributed by atoms with Gasteiger partial charge in [-0.1, -0.05) is 40.6 Å². The lowest BCUT2D eigenvalue weighted by atomic mass is 10.2. The van der Waals surface area contributed by atoms with Crippen LogP contribution in [0.3, 0.4) is 0 Å². The number of azide groups is 2. The molecule has 0 saturated heterocycles. The molecule has 0 aliphatic carbocycles. The van der Waals surface area contributed by atoms with Crippen LogP contribution in [0, 0.1) is 26.0 Å². The lowest BCUT2D eigenvalue weighted by Crippen LogP contribution is -2.15. The smallest absolute Gasteiger partial charge is 0.310 e. The molecule has 0 spiro atoms. The van der Waals surface area contributed by atoms with Crippen molar-refractivity contribution in [2.24, 2.45) is 10.2 Å². The lowest BCUT2D eigenvalue weighted by molar-refractivity contribution is -0.387. The summed E-state index contributed by atoms with van der Waals surface area (Å²) < 4.78 is 25.6. The molecule has 5 heterocycles. The highest BCUT2D eigenvalue weighted by Crippen LogP contribution is 2.31. The van der Waals surface area contributed by atoms with E-state index in [0.717, 1.165) is 18.2 Å². The Morgan fingerprint density at radius 3 is 1.21 bits per heavy atom. The number of hydrogen-bond donors (Lipinski definition) is 5. The molecule has 5 aromatic heterocycles. The number of nitrogen functional groups attached to an aromatic ring is 1. The molecular formula is C58H47FN14O14. The zero-order valence-electron chi connectivity index (χ0n) is 45.0. The third-order valence-corrected chi connectivity index (χ3v) is 11.6. The highest BCUT2D eigenvalue weighted by atomic mass is 19.1. The van der Waals surface area contributed by atoms with Crippen molar-refractivity contribution in [2.75, 3.05) is 18.9 Å². The molecule has 440 valence electrons. The Hall–Kier alpha value is -12.8. The van der Waals surface area contributed by atoms with Gasteiger partial charge >= 0.3 is 11.4 Å². The number of phenolic OH excluding ortho intramolecular Hbond substituents is 3. The number of aromatic hydroxyl groups is 3. The molecule has 5 aromatic carbocycles. The number of phenols is 3. The minimum absolute atomic E-state index is 0.00862. The fraction of sp³-hybridized carbons (Fsp3) is 0.0517. The van der Waals surface area contributed by atoms with Crippen LogP contribution < -0.4 is 38.3 Å². The van der Waals surface area contributed by atoms with E-state index in [2.05, 4.69) is 20.1 Å². The molecule has 0 aliphatic rings. The summed E-state index contributed by atoms with van der Waals surface area (Å²) in [5.41, 5.74) is 23.2. The van der Waals surface area contributed by atoms with E-state index in [0.29, 0.717) is 46.3 Å². The molecule has 0 fully saturated rings. The molecule has 10 rings (SSSR count). The molecule has 0 aliphatic heterocycles. The Labute approximate surface area is 487 Å². The third kappa shape index (κ3) is 17.3. The van der Waals surface area contributed by atoms with Gasteiger partial charge in [0, 0.05) is 127 Å². The number of nitro groups is 2. The predicted molar refractivity (Wildman–Crippen MR) is 318 cm³/mol. The largest absolute Gasteiger partial charge is 0.507 e. The van der Waals surface area contributed by atoms with E-state index in [1.165, 1.54) is 102 Å². The number of pyridine rings is 5. The summed E-state index contributed by atoms with van der Waals surface area (Å²) in [4.78, 5) is 82.5. The quantitative estimate of drug-likeness (QED) is 0.0105. The van der Waals surface area contributed by atoms with Crippen molar-refractivity contribution in [1.29, 1.82) is 0 Å². The maximum absolute atomic E-state index is 13.4. The lowest BCUT2D eigenvalue weighted by Gasteiger charge is -2.11. The number of nitrogens with two attached hydrogens (primary N) is 1. The molecule has 6 N–H and O–H groups in total. The monoisotopic (exact) mass is 1180 g/mol. The topological polar surface area (TPSA) is 410 Å². The minimum atomic E-state index is -0.969. The molecule has 87 heavy (non-hydrogen) atoms. The summed E-state index contributed by atoms with van der Waals surface area (Å²) in [7, 11) is 0. The number of nitrogens with zero attached hydrogens (tertiary/aromatic N) is 13. The van der Waals surface area contributed by atoms with Crippen LogP contribution in [0.4, 0.5) is 32.8 Å². The number of aliphatic hydroxyl groups excluding tert-OH is 1. The summed E-state index contributed by atoms with van der Waals surface area (Å²) in [6.07, 6.45) is 8.30. The first kappa shape index (κ1) is 63.3. The number of rotatable bonds is 13. The standard InChI is InChI=1S/C14H14N4O3.C11H7FN2O3.C11H8N4O2.C11H8N2O4.C11H10N2O2/c15-17-16-12-6-5-11(10-13(12)21-9-3-8-19)18-7-2-1-4-14(18)20;12-9-7-8(4-5-10(9)14(16)17)13-6-2-1-3-11(13)15;12-14-13-9-5-4-8(7-10(9)16)15-6-2-1-3-11(15)17;14-10-7-8(4-5-9(10)13(16)17)12-6-2-1-3-11(12)15;12-9-5-4-8(7-10(9)14)13-6-2-1-3-11(13)15/h1-2,4-7,10,19H,3,8-9H2;1-7H;1-7,16H;1-7,14H;1-7,14H,12H2. The fourth-order valence-corrected chi connectivity index (χ4v) is 7.44. The van der Waals surface area contributed by atoms with Crippen molar-refractivity contribution >= 4 is 28.4 Å². The van der Waals surface area contributed by atoms with Crippen LogP contribution in [0.5, 0.6) is 23.0 Å². The van der Waals surface area contributed by atoms with Gasteiger partial charge in [-0.25, -0.2) is 0 Å². The Balaban J connectivity index is 0.000000174. The van der Waals surface area contributed by atoms with Gasteiger partial charge in [0.25, 0.3) is 27.8 Å². The van der Waals surface area contributed by atoms with Crippen molar-refractivity contribution in [3.05, 3.63) is 312 Å². The van der Waals surface area contributed by atoms with E-state index in [-0.39, 0.29) is 63.9 Å². The molecule has 0 amide bonds. The molecule has 29 heteroatoms. The second kappa shape index (κ2) is 30.8. The Morgan fingerprint density at radius 2 is 0.839 bits per heavy atom. The molecule has 0 bridgehead atoms. The normalized spacial score (nSPS) is 10.0. The summed E-state index contributed by atoms with van der Waals surface area (Å²) in [6, 6.07) is 44.6. The van der Waals surface area contributed by atoms with Gasteiger partial charge in [-0.15, -0.1) is 0 Å². The van der Waals surface area contributed by atoms with Crippen molar-refractivity contribution in [1.82, 2.24) is 22.8 Å². The Bertz CT molecular complexity index is 4260. The highest BCUT2D eigenvalue weighted by molar-refractivity contribution is 5.59. The minimum Gasteiger partial charge on any atom is -0.507 e. The number of ether oxygens (including phenoxy) is 1. The summed E-state index contributed by atoms with van der Waals surface area (Å²) in [6.45, 7) is 0.298. The van der Waals surface area contributed by atoms with Gasteiger partial charge in [0.2, 0.25) is 5.82 Å². The van der Waals surface area contributed by atoms with Gasteiger partial charge in [-0.3, -0.25) is 67.0 Å². The second-order valence-corrected chi connectivity index (χ2v) is 17.2. The van der Waals surface area contributed by atoms with Gasteiger partial charge in [0.05, 0.1) is 62.0 Å². The van der Waals surface area contributed by atoms with Gasteiger partial charge in [-0.2, -0.15) is 4.39 Å². The number of halogens is 1. The van der Waals surface area contributed by atoms with E-state index >= 15 is 0 Å². The highest BCUT2D eigenvalue weighted by Gasteiger charge is 2.16. The fourth-order valence-electron chi connectivity index (χ4n) is 7.44. The Kier molecular flexibility index (Phi) is 22.4. The van der Waals surface area contributed by atoms with Crippen molar-refractivity contribution in [3.8, 4) is 51.4 Å². The van der Waals surface area contributed by atoms with Crippen LogP contribution in [-0.4, -0.2) is 66.3 Å². The molecule has 0 radical (unpaired) electrons. The number of aromatic nitrogens is 5. The van der Waals surface area contributed by atoms with Crippen LogP contribution in [0.15, 0.2) is 247 Å². The first-order chi connectivity index (χ1) is 41.8. The Morgan fingerprint density at radius 1 is 0.483 bits per heavy atom. The van der Waals surface area contributed by atoms with Gasteiger partial charge in [-0.05, 0) is 89.9 Å². The predicted octanol–water partition coefficient (Wildman–Crippen LogP) is 9.49. The molecule has 10 aromatic rings. The van der Waals surface area contributed by atoms with Crippen molar-refractivity contribution in [3.63, 3.8) is 0 Å². The number of aliphatic hydroxyl groups is 1. The van der Waals surface area contributed by atoms with E-state index in [9.17, 15) is 63.9 Å². The molecule has 28 nitrogen and oxygen atoms in total. The SMILES string of the molecule is Nc1ccc(-n2ccccc2=O)cc1O.O=c1ccccn1-c1ccc([N+](=O)[O-])c(F)c1.O=c1ccccn1-c1ccc([N+](=O)[O-])c(O)c1.[N-]=[N+]=Nc1ccc(-n2ccccc2=O)cc1O.[N-]=[N+]=Nc1ccc(-n2ccccc2=O)cc1OCCCO. The third-order valence-electron chi connectivity index (χ3n) is 11.6. The van der Waals surface area contributed by atoms with Crippen LogP contribution in [0.1, 0.15) is 6.42 Å². The maximum atomic E-state index is 13.4. The molecule has 0 atom stereocenters. The molecule has 0 unspecified atom stereocenters. The van der Waals surface area contributed by atoms with Gasteiger partial charge < -0.3 is 30.9 Å². The number of hydrogen-bond acceptors (Lipinski definition) is 17. The molecule has 0 saturated carbocycles. The van der Waals surface area contributed by atoms with Crippen LogP contribution in [0.2, 0.25) is 0 Å². The van der Waals surface area contributed by atoms with Gasteiger partial charge in [0.15, 0.2) is 5.75 Å². The zero-order chi connectivity index (χ0) is 63.0. The summed E-state index contributed by atoms with van der Waals surface area (Å²) in [5.74, 6) is -1.26. The summed E-state index contributed by atoms with van der Waals surface area (Å²) in [5, 5.41) is 65.0. The van der Waals surface area contributed by atoms with E-state index in [1.54, 1.807) is 116 Å². The van der Waals surface area contributed by atoms with E-state index < -0.39 is 32.8 Å². The number of benzene rings is 5. The van der Waals surface area contributed by atoms with Crippen molar-refractivity contribution in [2.45, 2.75) is 6.42 Å². The van der Waals surface area contributed by atoms with Crippen LogP contribution in [0.25, 0.3) is 49.3 Å². The van der Waals surface area contributed by atoms with E-state index in [1.807, 2.05) is 0 Å². The number of anilines is 1. The average Bonchev–Trinajstić information content (AvgIpc) is 3.59. The van der Waals surface area contributed by atoms with Crippen LogP contribution >= 0.6 is 0 Å². The maximum Gasteiger partial charge on any atom is 0.310 e. The number of nitro benzene ring substituents is 2. The first-order valence-corrected chi connectivity index (χ1v) is 25.1.